The molecule has 0 aliphatic heterocycles. The van der Waals surface area contributed by atoms with Gasteiger partial charge in [-0.2, -0.15) is 5.10 Å². The largest absolute Gasteiger partial charge is 0.305 e. The summed E-state index contributed by atoms with van der Waals surface area (Å²) in [6.07, 6.45) is 3.77. The van der Waals surface area contributed by atoms with Gasteiger partial charge >= 0.3 is 0 Å². The van der Waals surface area contributed by atoms with Crippen LogP contribution in [-0.2, 0) is 7.05 Å². The first kappa shape index (κ1) is 14.4. The van der Waals surface area contributed by atoms with Crippen molar-refractivity contribution >= 4 is 23.4 Å². The highest BCUT2D eigenvalue weighted by atomic mass is 35.5. The van der Waals surface area contributed by atoms with Crippen molar-refractivity contribution in [2.75, 3.05) is 12.8 Å². The smallest absolute Gasteiger partial charge is 0.0837 e. The third-order valence-corrected chi connectivity index (χ3v) is 4.10. The average Bonchev–Trinajstić information content (AvgIpc) is 2.76. The van der Waals surface area contributed by atoms with Gasteiger partial charge in [0.1, 0.15) is 0 Å². The molecule has 1 heterocycles. The average molecular weight is 296 g/mol. The number of hydrogen-bond donors (Lipinski definition) is 1. The fourth-order valence-corrected chi connectivity index (χ4v) is 2.80. The van der Waals surface area contributed by atoms with E-state index in [2.05, 4.69) is 47.9 Å². The lowest BCUT2D eigenvalue weighted by Crippen LogP contribution is -2.24. The molecule has 0 aliphatic rings. The van der Waals surface area contributed by atoms with E-state index in [0.717, 1.165) is 12.2 Å². The normalized spacial score (nSPS) is 12.6. The minimum absolute atomic E-state index is 0.0703. The number of hydrogen-bond acceptors (Lipinski definition) is 3. The van der Waals surface area contributed by atoms with Gasteiger partial charge in [-0.15, -0.1) is 11.8 Å². The summed E-state index contributed by atoms with van der Waals surface area (Å²) in [7, 11) is 1.92. The SMILES string of the molecule is CCNC(c1ccc(SC)cc1)c1c(Cl)cnn1C. The predicted molar refractivity (Wildman–Crippen MR) is 82.0 cm³/mol. The maximum Gasteiger partial charge on any atom is 0.0837 e. The number of halogens is 1. The molecule has 0 saturated carbocycles. The molecule has 2 aromatic rings. The summed E-state index contributed by atoms with van der Waals surface area (Å²) in [5.41, 5.74) is 2.20. The summed E-state index contributed by atoms with van der Waals surface area (Å²) in [6.45, 7) is 2.96. The Bertz CT molecular complexity index is 517. The molecule has 1 N–H and O–H groups in total. The first-order valence-corrected chi connectivity index (χ1v) is 7.82. The molecule has 1 atom stereocenters. The molecule has 0 radical (unpaired) electrons. The van der Waals surface area contributed by atoms with Gasteiger partial charge in [0.15, 0.2) is 0 Å². The van der Waals surface area contributed by atoms with Crippen molar-refractivity contribution in [3.05, 3.63) is 46.7 Å². The summed E-state index contributed by atoms with van der Waals surface area (Å²) in [5.74, 6) is 0. The number of nitrogens with zero attached hydrogens (tertiary/aromatic N) is 2. The maximum atomic E-state index is 6.26. The highest BCUT2D eigenvalue weighted by Crippen LogP contribution is 2.28. The fourth-order valence-electron chi connectivity index (χ4n) is 2.12. The topological polar surface area (TPSA) is 29.9 Å². The Balaban J connectivity index is 2.39. The minimum atomic E-state index is 0.0703. The Hall–Kier alpha value is -0.970. The lowest BCUT2D eigenvalue weighted by Gasteiger charge is -2.19. The second kappa shape index (κ2) is 6.46. The molecule has 0 aliphatic carbocycles. The van der Waals surface area contributed by atoms with Crippen molar-refractivity contribution < 1.29 is 0 Å². The van der Waals surface area contributed by atoms with Crippen molar-refractivity contribution in [2.45, 2.75) is 17.9 Å². The monoisotopic (exact) mass is 295 g/mol. The standard InChI is InChI=1S/C14H18ClN3S/c1-4-16-13(14-12(15)9-17-18(14)2)10-5-7-11(19-3)8-6-10/h5-9,13,16H,4H2,1-3H3. The van der Waals surface area contributed by atoms with Gasteiger partial charge in [0, 0.05) is 11.9 Å². The summed E-state index contributed by atoms with van der Waals surface area (Å²) < 4.78 is 1.83. The summed E-state index contributed by atoms with van der Waals surface area (Å²) in [4.78, 5) is 1.26. The quantitative estimate of drug-likeness (QED) is 0.856. The van der Waals surface area contributed by atoms with Crippen molar-refractivity contribution in [2.24, 2.45) is 7.05 Å². The molecule has 0 spiro atoms. The number of aromatic nitrogens is 2. The number of nitrogens with one attached hydrogen (secondary N) is 1. The van der Waals surface area contributed by atoms with Crippen molar-refractivity contribution in [3.8, 4) is 0 Å². The zero-order chi connectivity index (χ0) is 13.8. The zero-order valence-electron chi connectivity index (χ0n) is 11.4. The van der Waals surface area contributed by atoms with Crippen LogP contribution in [0.1, 0.15) is 24.2 Å². The molecule has 0 saturated heterocycles. The lowest BCUT2D eigenvalue weighted by molar-refractivity contribution is 0.572. The van der Waals surface area contributed by atoms with Gasteiger partial charge in [-0.3, -0.25) is 4.68 Å². The molecule has 0 bridgehead atoms. The number of aryl methyl sites for hydroxylation is 1. The third-order valence-electron chi connectivity index (χ3n) is 3.07. The molecule has 0 amide bonds. The Kier molecular flexibility index (Phi) is 4.91. The molecule has 19 heavy (non-hydrogen) atoms. The van der Waals surface area contributed by atoms with E-state index in [9.17, 15) is 0 Å². The molecular weight excluding hydrogens is 278 g/mol. The Morgan fingerprint density at radius 2 is 2.05 bits per heavy atom. The Morgan fingerprint density at radius 1 is 1.37 bits per heavy atom. The van der Waals surface area contributed by atoms with Crippen LogP contribution < -0.4 is 5.32 Å². The first-order chi connectivity index (χ1) is 9.17. The van der Waals surface area contributed by atoms with Gasteiger partial charge in [0.25, 0.3) is 0 Å². The van der Waals surface area contributed by atoms with Crippen LogP contribution in [0.15, 0.2) is 35.4 Å². The maximum absolute atomic E-state index is 6.26. The second-order valence-electron chi connectivity index (χ2n) is 4.27. The van der Waals surface area contributed by atoms with E-state index in [1.165, 1.54) is 10.5 Å². The number of thioether (sulfide) groups is 1. The molecule has 1 unspecified atom stereocenters. The van der Waals surface area contributed by atoms with Gasteiger partial charge in [0.2, 0.25) is 0 Å². The van der Waals surface area contributed by atoms with E-state index in [-0.39, 0.29) is 6.04 Å². The van der Waals surface area contributed by atoms with Gasteiger partial charge < -0.3 is 5.32 Å². The van der Waals surface area contributed by atoms with Crippen LogP contribution >= 0.6 is 23.4 Å². The molecule has 1 aromatic heterocycles. The van der Waals surface area contributed by atoms with Crippen LogP contribution in [0.25, 0.3) is 0 Å². The van der Waals surface area contributed by atoms with E-state index < -0.39 is 0 Å². The van der Waals surface area contributed by atoms with E-state index in [4.69, 9.17) is 11.6 Å². The number of benzene rings is 1. The van der Waals surface area contributed by atoms with Gasteiger partial charge in [0.05, 0.1) is 23.0 Å². The van der Waals surface area contributed by atoms with Crippen molar-refractivity contribution in [1.82, 2.24) is 15.1 Å². The first-order valence-electron chi connectivity index (χ1n) is 6.22. The van der Waals surface area contributed by atoms with Crippen LogP contribution in [0.2, 0.25) is 5.02 Å². The van der Waals surface area contributed by atoms with E-state index in [1.54, 1.807) is 18.0 Å². The summed E-state index contributed by atoms with van der Waals surface area (Å²) >= 11 is 8.00. The zero-order valence-corrected chi connectivity index (χ0v) is 12.9. The van der Waals surface area contributed by atoms with E-state index in [0.29, 0.717) is 5.02 Å². The van der Waals surface area contributed by atoms with Crippen LogP contribution in [0.4, 0.5) is 0 Å². The Morgan fingerprint density at radius 3 is 2.53 bits per heavy atom. The predicted octanol–water partition coefficient (Wildman–Crippen LogP) is 3.49. The molecule has 0 fully saturated rings. The van der Waals surface area contributed by atoms with Gasteiger partial charge in [-0.1, -0.05) is 30.7 Å². The third kappa shape index (κ3) is 3.14. The molecular formula is C14H18ClN3S. The highest BCUT2D eigenvalue weighted by Gasteiger charge is 2.20. The van der Waals surface area contributed by atoms with Crippen LogP contribution in [0, 0.1) is 0 Å². The minimum Gasteiger partial charge on any atom is -0.305 e. The van der Waals surface area contributed by atoms with Crippen LogP contribution in [-0.4, -0.2) is 22.6 Å². The Labute approximate surface area is 123 Å². The molecule has 1 aromatic carbocycles. The lowest BCUT2D eigenvalue weighted by atomic mass is 10.0. The van der Waals surface area contributed by atoms with Gasteiger partial charge in [-0.25, -0.2) is 0 Å². The van der Waals surface area contributed by atoms with E-state index >= 15 is 0 Å². The second-order valence-corrected chi connectivity index (χ2v) is 5.55. The molecule has 5 heteroatoms. The van der Waals surface area contributed by atoms with Crippen molar-refractivity contribution in [3.63, 3.8) is 0 Å². The summed E-state index contributed by atoms with van der Waals surface area (Å²) in [6, 6.07) is 8.62. The molecule has 3 nitrogen and oxygen atoms in total. The van der Waals surface area contributed by atoms with Crippen LogP contribution in [0.5, 0.6) is 0 Å². The molecule has 102 valence electrons. The number of rotatable bonds is 5. The van der Waals surface area contributed by atoms with Crippen molar-refractivity contribution in [1.29, 1.82) is 0 Å². The summed E-state index contributed by atoms with van der Waals surface area (Å²) in [5, 5.41) is 8.38. The van der Waals surface area contributed by atoms with Crippen LogP contribution in [0.3, 0.4) is 0 Å². The van der Waals surface area contributed by atoms with E-state index in [1.807, 2.05) is 11.7 Å². The fraction of sp³-hybridized carbons (Fsp3) is 0.357. The molecule has 2 rings (SSSR count). The highest BCUT2D eigenvalue weighted by molar-refractivity contribution is 7.98. The van der Waals surface area contributed by atoms with Gasteiger partial charge in [-0.05, 0) is 30.5 Å².